The third kappa shape index (κ3) is 3.66. The Bertz CT molecular complexity index is 516. The predicted molar refractivity (Wildman–Crippen MR) is 84.8 cm³/mol. The fraction of sp³-hybridized carbons (Fsp3) is 0.333. The van der Waals surface area contributed by atoms with Gasteiger partial charge in [-0.25, -0.2) is 0 Å². The molecule has 0 radical (unpaired) electrons. The minimum Gasteiger partial charge on any atom is -0.384 e. The van der Waals surface area contributed by atoms with E-state index in [0.717, 1.165) is 22.4 Å². The Morgan fingerprint density at radius 3 is 2.53 bits per heavy atom. The van der Waals surface area contributed by atoms with E-state index in [1.54, 1.807) is 18.4 Å². The monoisotopic (exact) mass is 339 g/mol. The maximum Gasteiger partial charge on any atom is 0.0731 e. The number of hydrogen-bond acceptors (Lipinski definition) is 3. The van der Waals surface area contributed by atoms with Crippen molar-refractivity contribution in [1.29, 1.82) is 0 Å². The van der Waals surface area contributed by atoms with Gasteiger partial charge in [0.2, 0.25) is 0 Å². The molecular weight excluding hydrogens is 322 g/mol. The lowest BCUT2D eigenvalue weighted by Crippen LogP contribution is -2.10. The number of rotatable bonds is 5. The van der Waals surface area contributed by atoms with Gasteiger partial charge in [-0.2, -0.15) is 0 Å². The molecule has 0 saturated heterocycles. The molecule has 0 bridgehead atoms. The highest BCUT2D eigenvalue weighted by molar-refractivity contribution is 9.11. The second kappa shape index (κ2) is 6.66. The number of nitrogens with two attached hydrogens (primary N) is 1. The molecular formula is C15H18BrNOS. The van der Waals surface area contributed by atoms with Gasteiger partial charge in [0, 0.05) is 12.0 Å². The van der Waals surface area contributed by atoms with Crippen molar-refractivity contribution >= 4 is 27.3 Å². The quantitative estimate of drug-likeness (QED) is 0.891. The van der Waals surface area contributed by atoms with Gasteiger partial charge in [0.1, 0.15) is 0 Å². The Morgan fingerprint density at radius 1 is 1.32 bits per heavy atom. The second-order valence-electron chi connectivity index (χ2n) is 4.57. The number of aryl methyl sites for hydroxylation is 1. The van der Waals surface area contributed by atoms with Crippen molar-refractivity contribution in [2.24, 2.45) is 5.73 Å². The summed E-state index contributed by atoms with van der Waals surface area (Å²) in [6.45, 7) is 2.84. The smallest absolute Gasteiger partial charge is 0.0731 e. The topological polar surface area (TPSA) is 35.2 Å². The first-order chi connectivity index (χ1) is 9.11. The molecule has 0 fully saturated rings. The summed E-state index contributed by atoms with van der Waals surface area (Å²) in [5, 5.41) is 0. The van der Waals surface area contributed by atoms with Crippen molar-refractivity contribution in [3.63, 3.8) is 0 Å². The van der Waals surface area contributed by atoms with Crippen molar-refractivity contribution in [3.05, 3.63) is 55.7 Å². The maximum atomic E-state index is 6.31. The summed E-state index contributed by atoms with van der Waals surface area (Å²) in [6, 6.07) is 10.6. The Balaban J connectivity index is 2.13. The number of thiophene rings is 1. The van der Waals surface area contributed by atoms with Gasteiger partial charge in [-0.3, -0.25) is 0 Å². The van der Waals surface area contributed by atoms with Crippen molar-refractivity contribution in [2.45, 2.75) is 19.4 Å². The van der Waals surface area contributed by atoms with Gasteiger partial charge in [-0.05, 0) is 52.0 Å². The molecule has 1 aromatic carbocycles. The zero-order chi connectivity index (χ0) is 13.8. The zero-order valence-corrected chi connectivity index (χ0v) is 13.6. The zero-order valence-electron chi connectivity index (χ0n) is 11.2. The molecule has 2 rings (SSSR count). The van der Waals surface area contributed by atoms with Crippen LogP contribution >= 0.6 is 27.3 Å². The third-order valence-electron chi connectivity index (χ3n) is 3.12. The Kier molecular flexibility index (Phi) is 5.16. The minimum atomic E-state index is -0.0496. The highest BCUT2D eigenvalue weighted by atomic mass is 79.9. The molecule has 0 saturated carbocycles. The summed E-state index contributed by atoms with van der Waals surface area (Å²) >= 11 is 5.25. The van der Waals surface area contributed by atoms with E-state index >= 15 is 0 Å². The molecule has 4 heteroatoms. The van der Waals surface area contributed by atoms with Crippen LogP contribution in [0.2, 0.25) is 0 Å². The van der Waals surface area contributed by atoms with Crippen LogP contribution in [0.5, 0.6) is 0 Å². The van der Waals surface area contributed by atoms with Gasteiger partial charge in [0.15, 0.2) is 0 Å². The van der Waals surface area contributed by atoms with Gasteiger partial charge in [-0.15, -0.1) is 11.3 Å². The van der Waals surface area contributed by atoms with Gasteiger partial charge in [0.05, 0.1) is 16.4 Å². The van der Waals surface area contributed by atoms with Crippen molar-refractivity contribution in [2.75, 3.05) is 13.7 Å². The number of halogens is 1. The normalized spacial score (nSPS) is 12.6. The number of methoxy groups -OCH3 is 1. The highest BCUT2D eigenvalue weighted by Crippen LogP contribution is 2.33. The second-order valence-corrected chi connectivity index (χ2v) is 6.97. The van der Waals surface area contributed by atoms with Crippen LogP contribution in [-0.4, -0.2) is 13.7 Å². The molecule has 102 valence electrons. The Morgan fingerprint density at radius 2 is 2.00 bits per heavy atom. The van der Waals surface area contributed by atoms with Crippen LogP contribution in [0.25, 0.3) is 0 Å². The fourth-order valence-electron chi connectivity index (χ4n) is 1.91. The number of benzene rings is 1. The van der Waals surface area contributed by atoms with Crippen LogP contribution in [-0.2, 0) is 11.2 Å². The fourth-order valence-corrected chi connectivity index (χ4v) is 3.51. The van der Waals surface area contributed by atoms with Crippen LogP contribution in [0.15, 0.2) is 34.1 Å². The average molecular weight is 340 g/mol. The summed E-state index contributed by atoms with van der Waals surface area (Å²) in [4.78, 5) is 1.19. The minimum absolute atomic E-state index is 0.0496. The molecule has 0 aliphatic rings. The SMILES string of the molecule is COCCc1ccc(C(N)c2cc(C)c(Br)s2)cc1. The van der Waals surface area contributed by atoms with E-state index in [4.69, 9.17) is 10.5 Å². The first-order valence-electron chi connectivity index (χ1n) is 6.21. The molecule has 2 nitrogen and oxygen atoms in total. The first-order valence-corrected chi connectivity index (χ1v) is 7.82. The van der Waals surface area contributed by atoms with E-state index in [1.807, 2.05) is 0 Å². The summed E-state index contributed by atoms with van der Waals surface area (Å²) in [7, 11) is 1.72. The summed E-state index contributed by atoms with van der Waals surface area (Å²) in [5.74, 6) is 0. The summed E-state index contributed by atoms with van der Waals surface area (Å²) in [5.41, 5.74) is 9.98. The largest absolute Gasteiger partial charge is 0.384 e. The standard InChI is InChI=1S/C15H18BrNOS/c1-10-9-13(19-15(10)16)14(17)12-5-3-11(4-6-12)7-8-18-2/h3-6,9,14H,7-8,17H2,1-2H3. The van der Waals surface area contributed by atoms with E-state index in [-0.39, 0.29) is 6.04 Å². The van der Waals surface area contributed by atoms with E-state index in [0.29, 0.717) is 0 Å². The van der Waals surface area contributed by atoms with Crippen molar-refractivity contribution in [3.8, 4) is 0 Å². The summed E-state index contributed by atoms with van der Waals surface area (Å²) < 4.78 is 6.24. The van der Waals surface area contributed by atoms with E-state index < -0.39 is 0 Å². The van der Waals surface area contributed by atoms with Crippen molar-refractivity contribution < 1.29 is 4.74 Å². The third-order valence-corrected chi connectivity index (χ3v) is 5.34. The molecule has 1 heterocycles. The molecule has 2 aromatic rings. The lowest BCUT2D eigenvalue weighted by atomic mass is 10.0. The Hall–Kier alpha value is -0.680. The van der Waals surface area contributed by atoms with Crippen LogP contribution < -0.4 is 5.73 Å². The molecule has 0 aliphatic heterocycles. The first kappa shape index (κ1) is 14.7. The van der Waals surface area contributed by atoms with E-state index in [1.165, 1.54) is 16.0 Å². The molecule has 0 aliphatic carbocycles. The molecule has 1 unspecified atom stereocenters. The van der Waals surface area contributed by atoms with E-state index in [9.17, 15) is 0 Å². The van der Waals surface area contributed by atoms with Gasteiger partial charge >= 0.3 is 0 Å². The number of hydrogen-bond donors (Lipinski definition) is 1. The molecule has 0 amide bonds. The molecule has 1 aromatic heterocycles. The maximum absolute atomic E-state index is 6.31. The molecule has 1 atom stereocenters. The predicted octanol–water partition coefficient (Wildman–Crippen LogP) is 4.06. The van der Waals surface area contributed by atoms with E-state index in [2.05, 4.69) is 53.2 Å². The lowest BCUT2D eigenvalue weighted by Gasteiger charge is -2.10. The van der Waals surface area contributed by atoms with Crippen LogP contribution in [0.3, 0.4) is 0 Å². The van der Waals surface area contributed by atoms with Gasteiger partial charge in [-0.1, -0.05) is 24.3 Å². The lowest BCUT2D eigenvalue weighted by molar-refractivity contribution is 0.202. The highest BCUT2D eigenvalue weighted by Gasteiger charge is 2.13. The Labute approximate surface area is 126 Å². The van der Waals surface area contributed by atoms with Crippen molar-refractivity contribution in [1.82, 2.24) is 0 Å². The van der Waals surface area contributed by atoms with Crippen LogP contribution in [0.4, 0.5) is 0 Å². The van der Waals surface area contributed by atoms with Crippen LogP contribution in [0.1, 0.15) is 27.6 Å². The van der Waals surface area contributed by atoms with Gasteiger partial charge in [0.25, 0.3) is 0 Å². The van der Waals surface area contributed by atoms with Crippen LogP contribution in [0, 0.1) is 6.92 Å². The molecule has 19 heavy (non-hydrogen) atoms. The van der Waals surface area contributed by atoms with Gasteiger partial charge < -0.3 is 10.5 Å². The average Bonchev–Trinajstić information content (AvgIpc) is 2.76. The summed E-state index contributed by atoms with van der Waals surface area (Å²) in [6.07, 6.45) is 0.940. The number of ether oxygens (including phenoxy) is 1. The molecule has 0 spiro atoms. The molecule has 2 N–H and O–H groups in total.